The number of carboxylic acid groups (broad SMARTS) is 1. The molecule has 0 radical (unpaired) electrons. The average Bonchev–Trinajstić information content (AvgIpc) is 2.73. The van der Waals surface area contributed by atoms with Crippen LogP contribution in [0.15, 0.2) is 72.8 Å². The zero-order valence-corrected chi connectivity index (χ0v) is 17.2. The second-order valence-electron chi connectivity index (χ2n) is 7.34. The maximum Gasteiger partial charge on any atom is 0.304 e. The van der Waals surface area contributed by atoms with E-state index < -0.39 is 10.9 Å². The van der Waals surface area contributed by atoms with Gasteiger partial charge in [-0.3, -0.25) is 19.8 Å². The predicted octanol–water partition coefficient (Wildman–Crippen LogP) is 5.17. The summed E-state index contributed by atoms with van der Waals surface area (Å²) in [5.41, 5.74) is 3.28. The Kier molecular flexibility index (Phi) is 7.35. The molecule has 7 heteroatoms. The number of ether oxygens (including phenoxy) is 1. The Morgan fingerprint density at radius 3 is 2.23 bits per heavy atom. The van der Waals surface area contributed by atoms with Gasteiger partial charge in [-0.1, -0.05) is 42.0 Å². The molecule has 0 amide bonds. The first-order valence-corrected chi connectivity index (χ1v) is 9.90. The molecule has 0 atom stereocenters. The van der Waals surface area contributed by atoms with Crippen molar-refractivity contribution in [2.75, 3.05) is 6.54 Å². The van der Waals surface area contributed by atoms with E-state index in [1.807, 2.05) is 49.4 Å². The summed E-state index contributed by atoms with van der Waals surface area (Å²) >= 11 is 0. The minimum atomic E-state index is -0.829. The Morgan fingerprint density at radius 2 is 1.61 bits per heavy atom. The lowest BCUT2D eigenvalue weighted by molar-refractivity contribution is -0.384. The van der Waals surface area contributed by atoms with Gasteiger partial charge in [-0.05, 0) is 42.3 Å². The van der Waals surface area contributed by atoms with Gasteiger partial charge in [-0.2, -0.15) is 0 Å². The van der Waals surface area contributed by atoms with Crippen LogP contribution in [0.4, 0.5) is 5.69 Å². The molecule has 0 fully saturated rings. The average molecular weight is 420 g/mol. The first-order chi connectivity index (χ1) is 14.9. The molecule has 0 bridgehead atoms. The molecule has 3 aromatic rings. The van der Waals surface area contributed by atoms with E-state index in [1.54, 1.807) is 12.1 Å². The van der Waals surface area contributed by atoms with Crippen molar-refractivity contribution < 1.29 is 19.6 Å². The van der Waals surface area contributed by atoms with Crippen LogP contribution >= 0.6 is 0 Å². The van der Waals surface area contributed by atoms with Gasteiger partial charge in [0.25, 0.3) is 5.69 Å². The molecule has 0 unspecified atom stereocenters. The van der Waals surface area contributed by atoms with Gasteiger partial charge in [0.15, 0.2) is 0 Å². The normalized spacial score (nSPS) is 10.8. The monoisotopic (exact) mass is 420 g/mol. The van der Waals surface area contributed by atoms with Gasteiger partial charge in [0.1, 0.15) is 11.5 Å². The van der Waals surface area contributed by atoms with Crippen LogP contribution in [0.2, 0.25) is 0 Å². The summed E-state index contributed by atoms with van der Waals surface area (Å²) in [7, 11) is 0. The lowest BCUT2D eigenvalue weighted by atomic mass is 10.1. The standard InChI is InChI=1S/C24H24N2O5/c1-18-4-2-5-19(14-18)16-25(13-12-24(27)28)17-20-6-3-7-23(15-20)31-22-10-8-21(9-11-22)26(29)30/h2-11,14-15H,12-13,16-17H2,1H3,(H,27,28). The summed E-state index contributed by atoms with van der Waals surface area (Å²) in [6, 6.07) is 21.6. The van der Waals surface area contributed by atoms with Crippen molar-refractivity contribution >= 4 is 11.7 Å². The fraction of sp³-hybridized carbons (Fsp3) is 0.208. The summed E-state index contributed by atoms with van der Waals surface area (Å²) in [5, 5.41) is 19.9. The van der Waals surface area contributed by atoms with Crippen molar-refractivity contribution in [2.45, 2.75) is 26.4 Å². The smallest absolute Gasteiger partial charge is 0.304 e. The molecule has 160 valence electrons. The molecule has 0 aliphatic carbocycles. The summed E-state index contributed by atoms with van der Waals surface area (Å²) in [6.07, 6.45) is 0.0603. The molecule has 0 heterocycles. The first kappa shape index (κ1) is 22.0. The van der Waals surface area contributed by atoms with Crippen LogP contribution in [0.25, 0.3) is 0 Å². The van der Waals surface area contributed by atoms with Crippen molar-refractivity contribution in [3.8, 4) is 11.5 Å². The fourth-order valence-electron chi connectivity index (χ4n) is 3.27. The van der Waals surface area contributed by atoms with Crippen LogP contribution in [0.5, 0.6) is 11.5 Å². The van der Waals surface area contributed by atoms with E-state index in [0.29, 0.717) is 31.1 Å². The molecule has 0 aromatic heterocycles. The van der Waals surface area contributed by atoms with Gasteiger partial charge in [-0.15, -0.1) is 0 Å². The number of aryl methyl sites for hydroxylation is 1. The number of rotatable bonds is 10. The Balaban J connectivity index is 1.71. The lowest BCUT2D eigenvalue weighted by Gasteiger charge is -2.22. The Hall–Kier alpha value is -3.71. The molecule has 7 nitrogen and oxygen atoms in total. The largest absolute Gasteiger partial charge is 0.481 e. The van der Waals surface area contributed by atoms with Crippen LogP contribution in [-0.2, 0) is 17.9 Å². The number of nitro groups is 1. The summed E-state index contributed by atoms with van der Waals surface area (Å²) in [6.45, 7) is 3.67. The van der Waals surface area contributed by atoms with E-state index in [4.69, 9.17) is 9.84 Å². The minimum Gasteiger partial charge on any atom is -0.481 e. The van der Waals surface area contributed by atoms with Crippen LogP contribution in [0.1, 0.15) is 23.1 Å². The second kappa shape index (κ2) is 10.4. The zero-order chi connectivity index (χ0) is 22.2. The van der Waals surface area contributed by atoms with Crippen LogP contribution in [0, 0.1) is 17.0 Å². The molecule has 0 aliphatic rings. The molecule has 0 aliphatic heterocycles. The maximum atomic E-state index is 11.1. The topological polar surface area (TPSA) is 92.9 Å². The number of hydrogen-bond donors (Lipinski definition) is 1. The highest BCUT2D eigenvalue weighted by atomic mass is 16.6. The van der Waals surface area contributed by atoms with E-state index >= 15 is 0 Å². The maximum absolute atomic E-state index is 11.1. The molecule has 1 N–H and O–H groups in total. The number of nitrogens with zero attached hydrogens (tertiary/aromatic N) is 2. The highest BCUT2D eigenvalue weighted by molar-refractivity contribution is 5.66. The van der Waals surface area contributed by atoms with E-state index in [-0.39, 0.29) is 12.1 Å². The fourth-order valence-corrected chi connectivity index (χ4v) is 3.27. The third-order valence-electron chi connectivity index (χ3n) is 4.72. The highest BCUT2D eigenvalue weighted by Crippen LogP contribution is 2.25. The summed E-state index contributed by atoms with van der Waals surface area (Å²) < 4.78 is 5.83. The highest BCUT2D eigenvalue weighted by Gasteiger charge is 2.11. The summed E-state index contributed by atoms with van der Waals surface area (Å²) in [4.78, 5) is 23.5. The predicted molar refractivity (Wildman–Crippen MR) is 117 cm³/mol. The van der Waals surface area contributed by atoms with Crippen molar-refractivity contribution in [2.24, 2.45) is 0 Å². The Morgan fingerprint density at radius 1 is 0.968 bits per heavy atom. The Labute approximate surface area is 180 Å². The van der Waals surface area contributed by atoms with Crippen LogP contribution in [0.3, 0.4) is 0 Å². The Bertz CT molecular complexity index is 1050. The summed E-state index contributed by atoms with van der Waals surface area (Å²) in [5.74, 6) is 0.287. The van der Waals surface area contributed by atoms with Gasteiger partial charge < -0.3 is 9.84 Å². The SMILES string of the molecule is Cc1cccc(CN(CCC(=O)O)Cc2cccc(Oc3ccc([N+](=O)[O-])cc3)c2)c1. The van der Waals surface area contributed by atoms with Gasteiger partial charge in [0.2, 0.25) is 0 Å². The van der Waals surface area contributed by atoms with Crippen molar-refractivity contribution in [3.63, 3.8) is 0 Å². The molecule has 0 spiro atoms. The van der Waals surface area contributed by atoms with Gasteiger partial charge in [-0.25, -0.2) is 0 Å². The molecule has 0 saturated carbocycles. The number of carboxylic acids is 1. The van der Waals surface area contributed by atoms with Crippen LogP contribution < -0.4 is 4.74 Å². The van der Waals surface area contributed by atoms with E-state index in [2.05, 4.69) is 11.0 Å². The van der Waals surface area contributed by atoms with Crippen LogP contribution in [-0.4, -0.2) is 27.4 Å². The number of benzene rings is 3. The number of non-ortho nitro benzene ring substituents is 1. The zero-order valence-electron chi connectivity index (χ0n) is 17.2. The third-order valence-corrected chi connectivity index (χ3v) is 4.72. The van der Waals surface area contributed by atoms with Gasteiger partial charge in [0, 0.05) is 31.8 Å². The third kappa shape index (κ3) is 6.94. The van der Waals surface area contributed by atoms with Gasteiger partial charge >= 0.3 is 5.97 Å². The van der Waals surface area contributed by atoms with E-state index in [1.165, 1.54) is 12.1 Å². The van der Waals surface area contributed by atoms with E-state index in [9.17, 15) is 14.9 Å². The number of aliphatic carboxylic acids is 1. The molecule has 3 rings (SSSR count). The first-order valence-electron chi connectivity index (χ1n) is 9.90. The number of carbonyl (C=O) groups is 1. The quantitative estimate of drug-likeness (QED) is 0.359. The number of hydrogen-bond acceptors (Lipinski definition) is 5. The van der Waals surface area contributed by atoms with E-state index in [0.717, 1.165) is 16.7 Å². The van der Waals surface area contributed by atoms with Crippen molar-refractivity contribution in [3.05, 3.63) is 99.6 Å². The molecular weight excluding hydrogens is 396 g/mol. The molecule has 0 saturated heterocycles. The molecular formula is C24H24N2O5. The second-order valence-corrected chi connectivity index (χ2v) is 7.34. The molecule has 3 aromatic carbocycles. The molecule has 31 heavy (non-hydrogen) atoms. The number of nitro benzene ring substituents is 1. The minimum absolute atomic E-state index is 0.00585. The van der Waals surface area contributed by atoms with Crippen molar-refractivity contribution in [1.29, 1.82) is 0 Å². The van der Waals surface area contributed by atoms with Gasteiger partial charge in [0.05, 0.1) is 11.3 Å². The lowest BCUT2D eigenvalue weighted by Crippen LogP contribution is -2.25. The van der Waals surface area contributed by atoms with Crippen molar-refractivity contribution in [1.82, 2.24) is 4.90 Å².